The molecule has 1 aliphatic heterocycles. The van der Waals surface area contributed by atoms with Crippen LogP contribution in [0.5, 0.6) is 17.2 Å². The second-order valence-corrected chi connectivity index (χ2v) is 8.81. The Balaban J connectivity index is 1.34. The molecule has 3 aromatic rings. The van der Waals surface area contributed by atoms with Crippen LogP contribution in [0, 0.1) is 5.92 Å². The van der Waals surface area contributed by atoms with Crippen LogP contribution >= 0.6 is 0 Å². The highest BCUT2D eigenvalue weighted by molar-refractivity contribution is 6.01. The molecule has 2 atom stereocenters. The van der Waals surface area contributed by atoms with Gasteiger partial charge in [-0.25, -0.2) is 0 Å². The van der Waals surface area contributed by atoms with E-state index in [4.69, 9.17) is 14.2 Å². The quantitative estimate of drug-likeness (QED) is 0.581. The fourth-order valence-corrected chi connectivity index (χ4v) is 5.20. The van der Waals surface area contributed by atoms with E-state index in [9.17, 15) is 9.59 Å². The number of anilines is 1. The predicted molar refractivity (Wildman–Crippen MR) is 129 cm³/mol. The molecule has 0 saturated carbocycles. The van der Waals surface area contributed by atoms with E-state index in [0.29, 0.717) is 29.5 Å². The molecule has 8 heteroatoms. The maximum Gasteiger partial charge on any atom is 0.227 e. The van der Waals surface area contributed by atoms with Crippen molar-refractivity contribution in [2.75, 3.05) is 32.8 Å². The Morgan fingerprint density at radius 3 is 2.53 bits per heavy atom. The van der Waals surface area contributed by atoms with Gasteiger partial charge in [-0.15, -0.1) is 0 Å². The number of nitrogens with one attached hydrogen (secondary N) is 2. The fourth-order valence-electron chi connectivity index (χ4n) is 5.20. The van der Waals surface area contributed by atoms with Crippen molar-refractivity contribution in [2.45, 2.75) is 31.7 Å². The number of aryl methyl sites for hydroxylation is 1. The lowest BCUT2D eigenvalue weighted by Crippen LogP contribution is -2.37. The van der Waals surface area contributed by atoms with Gasteiger partial charge in [-0.3, -0.25) is 9.59 Å². The standard InChI is InChI=1S/C26H29N3O5/c1-32-21-12-16(13-22(33-2)25(21)34-3)29-14-15(11-23(29)30)26(31)28-20-10-6-8-18-17-7-4-5-9-19(17)27-24(18)20/h4-5,7,9,12-13,15,20,27H,6,8,10-11,14H2,1-3H3,(H,28,31)/t15-,20+/m0/s1. The zero-order valence-corrected chi connectivity index (χ0v) is 19.6. The number of aromatic nitrogens is 1. The van der Waals surface area contributed by atoms with Crippen LogP contribution in [0.1, 0.15) is 36.6 Å². The number of H-pyrrole nitrogens is 1. The lowest BCUT2D eigenvalue weighted by Gasteiger charge is -2.25. The Morgan fingerprint density at radius 1 is 1.09 bits per heavy atom. The summed E-state index contributed by atoms with van der Waals surface area (Å²) in [5, 5.41) is 4.44. The van der Waals surface area contributed by atoms with Crippen molar-refractivity contribution < 1.29 is 23.8 Å². The van der Waals surface area contributed by atoms with Crippen LogP contribution in [0.3, 0.4) is 0 Å². The molecule has 34 heavy (non-hydrogen) atoms. The molecule has 2 aromatic carbocycles. The van der Waals surface area contributed by atoms with E-state index in [2.05, 4.69) is 22.4 Å². The molecular weight excluding hydrogens is 434 g/mol. The Labute approximate surface area is 198 Å². The number of nitrogens with zero attached hydrogens (tertiary/aromatic N) is 1. The van der Waals surface area contributed by atoms with Crippen molar-refractivity contribution in [1.29, 1.82) is 0 Å². The number of hydrogen-bond donors (Lipinski definition) is 2. The van der Waals surface area contributed by atoms with Crippen LogP contribution in [-0.2, 0) is 16.0 Å². The molecule has 0 spiro atoms. The summed E-state index contributed by atoms with van der Waals surface area (Å²) in [5.41, 5.74) is 4.09. The van der Waals surface area contributed by atoms with Crippen molar-refractivity contribution >= 4 is 28.4 Å². The highest BCUT2D eigenvalue weighted by Crippen LogP contribution is 2.42. The van der Waals surface area contributed by atoms with Crippen molar-refractivity contribution in [3.05, 3.63) is 47.7 Å². The van der Waals surface area contributed by atoms with Gasteiger partial charge in [0.2, 0.25) is 17.6 Å². The molecule has 2 aliphatic rings. The van der Waals surface area contributed by atoms with Crippen molar-refractivity contribution in [3.63, 3.8) is 0 Å². The molecule has 0 bridgehead atoms. The van der Waals surface area contributed by atoms with Gasteiger partial charge >= 0.3 is 0 Å². The van der Waals surface area contributed by atoms with E-state index >= 15 is 0 Å². The van der Waals surface area contributed by atoms with E-state index in [1.807, 2.05) is 12.1 Å². The SMILES string of the molecule is COc1cc(N2C[C@@H](C(=O)N[C@@H]3CCCc4c3[nH]c3ccccc43)CC2=O)cc(OC)c1OC. The first kappa shape index (κ1) is 22.1. The summed E-state index contributed by atoms with van der Waals surface area (Å²) < 4.78 is 16.2. The molecule has 2 heterocycles. The van der Waals surface area contributed by atoms with Gasteiger partial charge < -0.3 is 29.4 Å². The molecule has 1 aromatic heterocycles. The summed E-state index contributed by atoms with van der Waals surface area (Å²) in [6, 6.07) is 11.6. The molecule has 178 valence electrons. The van der Waals surface area contributed by atoms with Gasteiger partial charge in [0.25, 0.3) is 0 Å². The zero-order chi connectivity index (χ0) is 23.8. The highest BCUT2D eigenvalue weighted by Gasteiger charge is 2.37. The maximum atomic E-state index is 13.2. The number of rotatable bonds is 6. The average molecular weight is 464 g/mol. The molecule has 8 nitrogen and oxygen atoms in total. The minimum absolute atomic E-state index is 0.0750. The van der Waals surface area contributed by atoms with E-state index in [-0.39, 0.29) is 24.3 Å². The normalized spacial score (nSPS) is 19.7. The number of carbonyl (C=O) groups is 2. The number of benzene rings is 2. The summed E-state index contributed by atoms with van der Waals surface area (Å²) in [6.07, 6.45) is 3.06. The molecular formula is C26H29N3O5. The maximum absolute atomic E-state index is 13.2. The number of carbonyl (C=O) groups excluding carboxylic acids is 2. The van der Waals surface area contributed by atoms with Crippen molar-refractivity contribution in [3.8, 4) is 17.2 Å². The molecule has 1 fully saturated rings. The lowest BCUT2D eigenvalue weighted by molar-refractivity contribution is -0.127. The Morgan fingerprint density at radius 2 is 1.82 bits per heavy atom. The third-order valence-corrected chi connectivity index (χ3v) is 6.89. The first-order valence-corrected chi connectivity index (χ1v) is 11.5. The van der Waals surface area contributed by atoms with Crippen LogP contribution in [-0.4, -0.2) is 44.7 Å². The summed E-state index contributed by atoms with van der Waals surface area (Å²) in [7, 11) is 4.60. The average Bonchev–Trinajstić information content (AvgIpc) is 3.44. The van der Waals surface area contributed by atoms with Crippen LogP contribution in [0.2, 0.25) is 0 Å². The molecule has 2 N–H and O–H groups in total. The van der Waals surface area contributed by atoms with Crippen LogP contribution in [0.25, 0.3) is 10.9 Å². The number of para-hydroxylation sites is 1. The minimum atomic E-state index is -0.429. The van der Waals surface area contributed by atoms with Gasteiger partial charge in [0.15, 0.2) is 11.5 Å². The van der Waals surface area contributed by atoms with Gasteiger partial charge in [0.1, 0.15) is 0 Å². The van der Waals surface area contributed by atoms with E-state index in [1.165, 1.54) is 32.3 Å². The number of fused-ring (bicyclic) bond motifs is 3. The number of amides is 2. The van der Waals surface area contributed by atoms with Crippen molar-refractivity contribution in [1.82, 2.24) is 10.3 Å². The van der Waals surface area contributed by atoms with Crippen LogP contribution in [0.15, 0.2) is 36.4 Å². The Hall–Kier alpha value is -3.68. The first-order valence-electron chi connectivity index (χ1n) is 11.5. The van der Waals surface area contributed by atoms with Crippen LogP contribution in [0.4, 0.5) is 5.69 Å². The lowest BCUT2D eigenvalue weighted by atomic mass is 9.91. The van der Waals surface area contributed by atoms with Gasteiger partial charge in [0.05, 0.1) is 39.0 Å². The van der Waals surface area contributed by atoms with Gasteiger partial charge in [-0.05, 0) is 30.9 Å². The zero-order valence-electron chi connectivity index (χ0n) is 19.6. The summed E-state index contributed by atoms with van der Waals surface area (Å²) in [6.45, 7) is 0.301. The van der Waals surface area contributed by atoms with E-state index in [1.54, 1.807) is 17.0 Å². The highest BCUT2D eigenvalue weighted by atomic mass is 16.5. The van der Waals surface area contributed by atoms with Crippen LogP contribution < -0.4 is 24.4 Å². The molecule has 1 saturated heterocycles. The minimum Gasteiger partial charge on any atom is -0.493 e. The molecule has 2 amide bonds. The topological polar surface area (TPSA) is 92.9 Å². The molecule has 5 rings (SSSR count). The summed E-state index contributed by atoms with van der Waals surface area (Å²) in [4.78, 5) is 31.2. The smallest absolute Gasteiger partial charge is 0.227 e. The summed E-state index contributed by atoms with van der Waals surface area (Å²) >= 11 is 0. The predicted octanol–water partition coefficient (Wildman–Crippen LogP) is 3.74. The van der Waals surface area contributed by atoms with Gasteiger partial charge in [-0.2, -0.15) is 0 Å². The fraction of sp³-hybridized carbons (Fsp3) is 0.385. The Bertz CT molecular complexity index is 1230. The van der Waals surface area contributed by atoms with E-state index < -0.39 is 5.92 Å². The molecule has 1 aliphatic carbocycles. The number of hydrogen-bond acceptors (Lipinski definition) is 5. The first-order chi connectivity index (χ1) is 16.5. The second-order valence-electron chi connectivity index (χ2n) is 8.81. The second kappa shape index (κ2) is 8.93. The molecule has 0 radical (unpaired) electrons. The van der Waals surface area contributed by atoms with Gasteiger partial charge in [-0.1, -0.05) is 18.2 Å². The van der Waals surface area contributed by atoms with Crippen molar-refractivity contribution in [2.24, 2.45) is 5.92 Å². The molecule has 0 unspecified atom stereocenters. The van der Waals surface area contributed by atoms with E-state index in [0.717, 1.165) is 30.5 Å². The van der Waals surface area contributed by atoms with Gasteiger partial charge in [0, 0.05) is 41.7 Å². The third-order valence-electron chi connectivity index (χ3n) is 6.89. The number of aromatic amines is 1. The largest absolute Gasteiger partial charge is 0.493 e. The Kier molecular flexibility index (Phi) is 5.81. The monoisotopic (exact) mass is 463 g/mol. The number of methoxy groups -OCH3 is 3. The summed E-state index contributed by atoms with van der Waals surface area (Å²) in [5.74, 6) is 0.754. The third kappa shape index (κ3) is 3.73. The number of ether oxygens (including phenoxy) is 3.